The number of rotatable bonds is 2. The van der Waals surface area contributed by atoms with Gasteiger partial charge in [-0.25, -0.2) is 0 Å². The fourth-order valence-electron chi connectivity index (χ4n) is 0.285. The van der Waals surface area contributed by atoms with Crippen LogP contribution >= 0.6 is 0 Å². The van der Waals surface area contributed by atoms with Gasteiger partial charge in [0.1, 0.15) is 6.04 Å². The molecule has 0 aliphatic rings. The van der Waals surface area contributed by atoms with E-state index in [1.54, 1.807) is 13.8 Å². The molecule has 9 heavy (non-hydrogen) atoms. The summed E-state index contributed by atoms with van der Waals surface area (Å²) in [5, 5.41) is 8.23. The average molecular weight is 242 g/mol. The molecule has 0 aromatic carbocycles. The molecule has 0 spiro atoms. The van der Waals surface area contributed by atoms with Crippen LogP contribution in [0.5, 0.6) is 0 Å². The minimum absolute atomic E-state index is 0. The number of carbonyl (C=O) groups is 1. The van der Waals surface area contributed by atoms with Gasteiger partial charge in [0, 0.05) is 0 Å². The van der Waals surface area contributed by atoms with Crippen LogP contribution in [0.1, 0.15) is 13.8 Å². The predicted octanol–water partition coefficient (Wildman–Crippen LogP) is -1.13. The number of carboxylic acids is 1. The molecule has 3 nitrogen and oxygen atoms in total. The third-order valence-corrected chi connectivity index (χ3v) is 1.00. The van der Waals surface area contributed by atoms with E-state index in [1.165, 1.54) is 0 Å². The zero-order valence-corrected chi connectivity index (χ0v) is 9.83. The third kappa shape index (κ3) is 4.73. The van der Waals surface area contributed by atoms with E-state index >= 15 is 0 Å². The molecule has 0 amide bonds. The van der Waals surface area contributed by atoms with E-state index in [-0.39, 0.29) is 30.3 Å². The van der Waals surface area contributed by atoms with Crippen molar-refractivity contribution in [1.82, 2.24) is 0 Å². The van der Waals surface area contributed by atoms with Gasteiger partial charge in [-0.2, -0.15) is 0 Å². The van der Waals surface area contributed by atoms with Crippen molar-refractivity contribution in [2.45, 2.75) is 19.9 Å². The number of aliphatic carboxylic acids is 1. The molecule has 56 valence electrons. The molecule has 3 N–H and O–H groups in total. The van der Waals surface area contributed by atoms with E-state index < -0.39 is 12.0 Å². The molecule has 0 unspecified atom stereocenters. The Kier molecular flexibility index (Phi) is 6.74. The molecule has 0 aliphatic carbocycles. The van der Waals surface area contributed by atoms with Gasteiger partial charge in [-0.05, 0) is 5.92 Å². The Morgan fingerprint density at radius 3 is 1.89 bits per heavy atom. The fourth-order valence-corrected chi connectivity index (χ4v) is 0.285. The Labute approximate surface area is 72.1 Å². The number of hydrogen-bond acceptors (Lipinski definition) is 2. The zero-order chi connectivity index (χ0) is 6.73. The Morgan fingerprint density at radius 1 is 1.56 bits per heavy atom. The van der Waals surface area contributed by atoms with E-state index in [1.807, 2.05) is 0 Å². The summed E-state index contributed by atoms with van der Waals surface area (Å²) in [6, 6.07) is -0.713. The van der Waals surface area contributed by atoms with Crippen LogP contribution < -0.4 is 5.73 Å². The van der Waals surface area contributed by atoms with Gasteiger partial charge >= 0.3 is 30.4 Å². The molecule has 0 aromatic heterocycles. The molecular formula is C5H14NO2Sb. The second kappa shape index (κ2) is 5.07. The van der Waals surface area contributed by atoms with Crippen molar-refractivity contribution in [3.63, 3.8) is 0 Å². The van der Waals surface area contributed by atoms with E-state index in [2.05, 4.69) is 0 Å². The Balaban J connectivity index is 0. The van der Waals surface area contributed by atoms with Gasteiger partial charge in [0.15, 0.2) is 0 Å². The van der Waals surface area contributed by atoms with Crippen LogP contribution in [0.15, 0.2) is 0 Å². The van der Waals surface area contributed by atoms with Crippen molar-refractivity contribution in [3.8, 4) is 0 Å². The normalized spacial score (nSPS) is 12.4. The summed E-state index contributed by atoms with van der Waals surface area (Å²) in [7, 11) is 0. The quantitative estimate of drug-likeness (QED) is 0.602. The van der Waals surface area contributed by atoms with Gasteiger partial charge in [0.25, 0.3) is 0 Å². The van der Waals surface area contributed by atoms with Crippen LogP contribution in [0.4, 0.5) is 0 Å². The summed E-state index contributed by atoms with van der Waals surface area (Å²) in [5.74, 6) is -0.910. The number of nitrogens with two attached hydrogens (primary N) is 1. The first-order chi connectivity index (χ1) is 3.55. The van der Waals surface area contributed by atoms with Crippen molar-refractivity contribution in [2.75, 3.05) is 0 Å². The molecular weight excluding hydrogens is 228 g/mol. The van der Waals surface area contributed by atoms with Crippen molar-refractivity contribution < 1.29 is 9.90 Å². The monoisotopic (exact) mass is 241 g/mol. The van der Waals surface area contributed by atoms with Crippen molar-refractivity contribution in [1.29, 1.82) is 0 Å². The molecule has 0 radical (unpaired) electrons. The van der Waals surface area contributed by atoms with Crippen LogP contribution in [0.25, 0.3) is 0 Å². The second-order valence-electron chi connectivity index (χ2n) is 2.11. The topological polar surface area (TPSA) is 63.3 Å². The third-order valence-electron chi connectivity index (χ3n) is 1.00. The summed E-state index contributed by atoms with van der Waals surface area (Å²) >= 11 is 0. The Bertz CT molecular complexity index is 95.0. The Morgan fingerprint density at radius 2 is 1.89 bits per heavy atom. The van der Waals surface area contributed by atoms with Crippen molar-refractivity contribution in [2.24, 2.45) is 11.7 Å². The maximum atomic E-state index is 10.0. The Hall–Kier alpha value is 0.248. The van der Waals surface area contributed by atoms with Crippen molar-refractivity contribution >= 4 is 30.4 Å². The van der Waals surface area contributed by atoms with Crippen molar-refractivity contribution in [3.05, 3.63) is 0 Å². The van der Waals surface area contributed by atoms with E-state index in [0.29, 0.717) is 0 Å². The number of carboxylic acid groups (broad SMARTS) is 1. The first-order valence-corrected chi connectivity index (χ1v) is 2.54. The molecule has 0 saturated carbocycles. The van der Waals surface area contributed by atoms with Gasteiger partial charge in [-0.15, -0.1) is 0 Å². The van der Waals surface area contributed by atoms with Crippen LogP contribution in [0, 0.1) is 5.92 Å². The summed E-state index contributed by atoms with van der Waals surface area (Å²) in [5.41, 5.74) is 5.16. The van der Waals surface area contributed by atoms with E-state index in [4.69, 9.17) is 10.8 Å². The first kappa shape index (κ1) is 12.0. The summed E-state index contributed by atoms with van der Waals surface area (Å²) in [6.45, 7) is 3.55. The van der Waals surface area contributed by atoms with Gasteiger partial charge in [-0.1, -0.05) is 13.8 Å². The molecule has 0 bridgehead atoms. The zero-order valence-electron chi connectivity index (χ0n) is 5.79. The van der Waals surface area contributed by atoms with Crippen LogP contribution in [0.2, 0.25) is 0 Å². The molecule has 1 atom stereocenters. The van der Waals surface area contributed by atoms with Crippen LogP contribution in [0.3, 0.4) is 0 Å². The molecule has 0 rings (SSSR count). The molecule has 0 heterocycles. The predicted molar refractivity (Wildman–Crippen MR) is 40.4 cm³/mol. The van der Waals surface area contributed by atoms with Crippen LogP contribution in [-0.2, 0) is 4.79 Å². The fraction of sp³-hybridized carbons (Fsp3) is 0.800. The van der Waals surface area contributed by atoms with Gasteiger partial charge in [0.05, 0.1) is 0 Å². The molecule has 0 saturated heterocycles. The summed E-state index contributed by atoms with van der Waals surface area (Å²) < 4.78 is 0. The molecule has 0 aliphatic heterocycles. The summed E-state index contributed by atoms with van der Waals surface area (Å²) in [4.78, 5) is 10.0. The van der Waals surface area contributed by atoms with Crippen LogP contribution in [-0.4, -0.2) is 41.5 Å². The summed E-state index contributed by atoms with van der Waals surface area (Å²) in [6.07, 6.45) is 0. The van der Waals surface area contributed by atoms with Gasteiger partial charge in [-0.3, -0.25) is 4.79 Å². The van der Waals surface area contributed by atoms with Gasteiger partial charge < -0.3 is 10.8 Å². The van der Waals surface area contributed by atoms with E-state index in [0.717, 1.165) is 0 Å². The van der Waals surface area contributed by atoms with Gasteiger partial charge in [0.2, 0.25) is 0 Å². The molecule has 0 aromatic rings. The first-order valence-electron chi connectivity index (χ1n) is 2.54. The minimum atomic E-state index is -0.931. The SMILES string of the molecule is CC(C)[C@H](N)C(=O)O.[SbH3]. The maximum absolute atomic E-state index is 10.0. The average Bonchev–Trinajstić information content (AvgIpc) is 1.64. The molecule has 4 heteroatoms. The molecule has 0 fully saturated rings. The van der Waals surface area contributed by atoms with E-state index in [9.17, 15) is 4.79 Å². The second-order valence-corrected chi connectivity index (χ2v) is 2.11. The standard InChI is InChI=1S/C5H11NO2.Sb.3H/c1-3(2)4(6)5(7)8;;;;/h3-4H,6H2,1-2H3,(H,7,8);;;;/t4-;;;;/m0..../s1. The number of hydrogen-bond donors (Lipinski definition) is 2.